The molecule has 2 N–H and O–H groups in total. The van der Waals surface area contributed by atoms with Crippen molar-refractivity contribution < 1.29 is 9.84 Å². The molecule has 3 heteroatoms. The molecule has 0 amide bonds. The van der Waals surface area contributed by atoms with Gasteiger partial charge in [0.15, 0.2) is 0 Å². The summed E-state index contributed by atoms with van der Waals surface area (Å²) in [6, 6.07) is 0.580. The van der Waals surface area contributed by atoms with E-state index in [0.717, 1.165) is 6.42 Å². The highest BCUT2D eigenvalue weighted by Gasteiger charge is 2.26. The zero-order valence-corrected chi connectivity index (χ0v) is 10.8. The molecule has 0 heterocycles. The normalized spacial score (nSPS) is 22.7. The Morgan fingerprint density at radius 1 is 1.25 bits per heavy atom. The van der Waals surface area contributed by atoms with Gasteiger partial charge >= 0.3 is 0 Å². The van der Waals surface area contributed by atoms with Crippen molar-refractivity contribution in [2.45, 2.75) is 63.5 Å². The fourth-order valence-corrected chi connectivity index (χ4v) is 2.44. The average molecular weight is 229 g/mol. The molecule has 1 atom stereocenters. The molecule has 0 aromatic rings. The van der Waals surface area contributed by atoms with Crippen LogP contribution in [0.25, 0.3) is 0 Å². The lowest BCUT2D eigenvalue weighted by molar-refractivity contribution is 0.105. The minimum atomic E-state index is -0.176. The first-order valence-electron chi connectivity index (χ1n) is 6.58. The molecule has 0 radical (unpaired) electrons. The van der Waals surface area contributed by atoms with Gasteiger partial charge in [-0.25, -0.2) is 0 Å². The summed E-state index contributed by atoms with van der Waals surface area (Å²) < 4.78 is 5.10. The third-order valence-electron chi connectivity index (χ3n) is 3.61. The van der Waals surface area contributed by atoms with Crippen molar-refractivity contribution in [3.8, 4) is 0 Å². The third-order valence-corrected chi connectivity index (χ3v) is 3.61. The standard InChI is InChI=1S/C13H27NO2/c1-13(11-15,9-10-16-2)14-12-7-5-3-4-6-8-12/h12,14-15H,3-11H2,1-2H3. The van der Waals surface area contributed by atoms with Crippen molar-refractivity contribution in [3.63, 3.8) is 0 Å². The molecule has 16 heavy (non-hydrogen) atoms. The van der Waals surface area contributed by atoms with Crippen LogP contribution in [0.5, 0.6) is 0 Å². The van der Waals surface area contributed by atoms with Gasteiger partial charge in [0.1, 0.15) is 0 Å². The van der Waals surface area contributed by atoms with Gasteiger partial charge in [-0.3, -0.25) is 0 Å². The first kappa shape index (κ1) is 13.9. The number of hydrogen-bond donors (Lipinski definition) is 2. The summed E-state index contributed by atoms with van der Waals surface area (Å²) in [6.07, 6.45) is 8.76. The average Bonchev–Trinajstić information content (AvgIpc) is 2.55. The van der Waals surface area contributed by atoms with Crippen molar-refractivity contribution in [1.29, 1.82) is 0 Å². The highest BCUT2D eigenvalue weighted by Crippen LogP contribution is 2.20. The molecule has 0 spiro atoms. The lowest BCUT2D eigenvalue weighted by Crippen LogP contribution is -2.51. The minimum absolute atomic E-state index is 0.176. The quantitative estimate of drug-likeness (QED) is 0.685. The highest BCUT2D eigenvalue weighted by molar-refractivity contribution is 4.86. The Hall–Kier alpha value is -0.120. The molecule has 1 fully saturated rings. The predicted molar refractivity (Wildman–Crippen MR) is 66.6 cm³/mol. The lowest BCUT2D eigenvalue weighted by atomic mass is 9.96. The molecule has 0 aromatic heterocycles. The number of nitrogens with one attached hydrogen (secondary N) is 1. The van der Waals surface area contributed by atoms with Crippen LogP contribution in [-0.4, -0.2) is 37.0 Å². The van der Waals surface area contributed by atoms with Crippen molar-refractivity contribution in [1.82, 2.24) is 5.32 Å². The summed E-state index contributed by atoms with van der Waals surface area (Å²) in [5, 5.41) is 13.1. The number of aliphatic hydroxyl groups excluding tert-OH is 1. The van der Waals surface area contributed by atoms with Gasteiger partial charge in [0, 0.05) is 25.3 Å². The maximum Gasteiger partial charge on any atom is 0.0611 e. The molecule has 0 saturated heterocycles. The van der Waals surface area contributed by atoms with Gasteiger partial charge in [0.2, 0.25) is 0 Å². The van der Waals surface area contributed by atoms with Gasteiger partial charge in [-0.15, -0.1) is 0 Å². The molecule has 96 valence electrons. The Balaban J connectivity index is 2.40. The molecular weight excluding hydrogens is 202 g/mol. The number of rotatable bonds is 6. The SMILES string of the molecule is COCCC(C)(CO)NC1CCCCCC1. The Morgan fingerprint density at radius 2 is 1.88 bits per heavy atom. The van der Waals surface area contributed by atoms with Crippen molar-refractivity contribution >= 4 is 0 Å². The Morgan fingerprint density at radius 3 is 2.38 bits per heavy atom. The molecule has 3 nitrogen and oxygen atoms in total. The fraction of sp³-hybridized carbons (Fsp3) is 1.00. The van der Waals surface area contributed by atoms with Crippen LogP contribution < -0.4 is 5.32 Å². The van der Waals surface area contributed by atoms with Crippen LogP contribution in [-0.2, 0) is 4.74 Å². The first-order valence-corrected chi connectivity index (χ1v) is 6.58. The lowest BCUT2D eigenvalue weighted by Gasteiger charge is -2.33. The molecule has 1 unspecified atom stereocenters. The largest absolute Gasteiger partial charge is 0.394 e. The zero-order valence-electron chi connectivity index (χ0n) is 10.8. The van der Waals surface area contributed by atoms with E-state index in [9.17, 15) is 5.11 Å². The van der Waals surface area contributed by atoms with Crippen LogP contribution in [0.15, 0.2) is 0 Å². The molecule has 0 bridgehead atoms. The third kappa shape index (κ3) is 4.81. The molecule has 1 aliphatic rings. The van der Waals surface area contributed by atoms with Gasteiger partial charge in [-0.2, -0.15) is 0 Å². The van der Waals surface area contributed by atoms with Gasteiger partial charge in [-0.05, 0) is 26.2 Å². The first-order chi connectivity index (χ1) is 7.70. The van der Waals surface area contributed by atoms with E-state index in [4.69, 9.17) is 4.74 Å². The van der Waals surface area contributed by atoms with E-state index in [0.29, 0.717) is 12.6 Å². The molecular formula is C13H27NO2. The molecule has 0 aromatic carbocycles. The minimum Gasteiger partial charge on any atom is -0.394 e. The predicted octanol–water partition coefficient (Wildman–Crippen LogP) is 2.09. The van der Waals surface area contributed by atoms with Gasteiger partial charge < -0.3 is 15.2 Å². The van der Waals surface area contributed by atoms with Crippen molar-refractivity contribution in [3.05, 3.63) is 0 Å². The van der Waals surface area contributed by atoms with Gasteiger partial charge in [0.05, 0.1) is 6.61 Å². The van der Waals surface area contributed by atoms with E-state index in [-0.39, 0.29) is 12.1 Å². The van der Waals surface area contributed by atoms with Gasteiger partial charge in [-0.1, -0.05) is 25.7 Å². The second-order valence-electron chi connectivity index (χ2n) is 5.29. The van der Waals surface area contributed by atoms with E-state index in [2.05, 4.69) is 12.2 Å². The van der Waals surface area contributed by atoms with E-state index < -0.39 is 0 Å². The van der Waals surface area contributed by atoms with E-state index >= 15 is 0 Å². The van der Waals surface area contributed by atoms with Crippen LogP contribution in [0, 0.1) is 0 Å². The second kappa shape index (κ2) is 7.25. The van der Waals surface area contributed by atoms with E-state index in [1.807, 2.05) is 0 Å². The topological polar surface area (TPSA) is 41.5 Å². The van der Waals surface area contributed by atoms with Crippen molar-refractivity contribution in [2.75, 3.05) is 20.3 Å². The molecule has 1 rings (SSSR count). The zero-order chi connectivity index (χ0) is 11.9. The molecule has 1 saturated carbocycles. The van der Waals surface area contributed by atoms with Crippen molar-refractivity contribution in [2.24, 2.45) is 0 Å². The number of ether oxygens (including phenoxy) is 1. The second-order valence-corrected chi connectivity index (χ2v) is 5.29. The number of hydrogen-bond acceptors (Lipinski definition) is 3. The Labute approximate surface area is 99.6 Å². The maximum atomic E-state index is 9.49. The Kier molecular flexibility index (Phi) is 6.32. The van der Waals surface area contributed by atoms with Crippen LogP contribution in [0.3, 0.4) is 0 Å². The van der Waals surface area contributed by atoms with E-state index in [1.165, 1.54) is 38.5 Å². The number of aliphatic hydroxyl groups is 1. The summed E-state index contributed by atoms with van der Waals surface area (Å²) in [5.74, 6) is 0. The smallest absolute Gasteiger partial charge is 0.0611 e. The van der Waals surface area contributed by atoms with E-state index in [1.54, 1.807) is 7.11 Å². The van der Waals surface area contributed by atoms with Gasteiger partial charge in [0.25, 0.3) is 0 Å². The highest BCUT2D eigenvalue weighted by atomic mass is 16.5. The maximum absolute atomic E-state index is 9.49. The number of methoxy groups -OCH3 is 1. The molecule has 0 aliphatic heterocycles. The Bertz CT molecular complexity index is 179. The summed E-state index contributed by atoms with van der Waals surface area (Å²) in [5.41, 5.74) is -0.176. The summed E-state index contributed by atoms with van der Waals surface area (Å²) in [7, 11) is 1.71. The summed E-state index contributed by atoms with van der Waals surface area (Å²) >= 11 is 0. The summed E-state index contributed by atoms with van der Waals surface area (Å²) in [6.45, 7) is 2.99. The monoisotopic (exact) mass is 229 g/mol. The van der Waals surface area contributed by atoms with Crippen LogP contribution in [0.2, 0.25) is 0 Å². The van der Waals surface area contributed by atoms with Crippen LogP contribution in [0.1, 0.15) is 51.9 Å². The molecule has 1 aliphatic carbocycles. The fourth-order valence-electron chi connectivity index (χ4n) is 2.44. The van der Waals surface area contributed by atoms with Crippen LogP contribution in [0.4, 0.5) is 0 Å². The van der Waals surface area contributed by atoms with Crippen LogP contribution >= 0.6 is 0 Å². The summed E-state index contributed by atoms with van der Waals surface area (Å²) in [4.78, 5) is 0.